The molecule has 1 rings (SSSR count). The van der Waals surface area contributed by atoms with Crippen molar-refractivity contribution in [2.45, 2.75) is 19.8 Å². The van der Waals surface area contributed by atoms with E-state index in [2.05, 4.69) is 18.8 Å². The number of allylic oxidation sites excluding steroid dienone is 3. The molecule has 0 atom stereocenters. The Balaban J connectivity index is 3.03. The van der Waals surface area contributed by atoms with Crippen molar-refractivity contribution in [2.75, 3.05) is 13.6 Å². The van der Waals surface area contributed by atoms with Crippen LogP contribution in [-0.2, 0) is 0 Å². The van der Waals surface area contributed by atoms with E-state index < -0.39 is 0 Å². The number of hydrogen-bond acceptors (Lipinski definition) is 2. The molecule has 17 heavy (non-hydrogen) atoms. The summed E-state index contributed by atoms with van der Waals surface area (Å²) in [5.41, 5.74) is 2.14. The van der Waals surface area contributed by atoms with Crippen LogP contribution in [0.15, 0.2) is 47.2 Å². The van der Waals surface area contributed by atoms with Crippen molar-refractivity contribution in [2.24, 2.45) is 0 Å². The summed E-state index contributed by atoms with van der Waals surface area (Å²) in [7, 11) is 1.91. The van der Waals surface area contributed by atoms with E-state index in [9.17, 15) is 4.39 Å². The van der Waals surface area contributed by atoms with Gasteiger partial charge in [0, 0.05) is 11.9 Å². The van der Waals surface area contributed by atoms with Crippen LogP contribution in [0.4, 0.5) is 4.39 Å². The monoisotopic (exact) mass is 256 g/mol. The Bertz CT molecular complexity index is 383. The first-order valence-corrected chi connectivity index (χ1v) is 6.03. The van der Waals surface area contributed by atoms with E-state index in [1.54, 1.807) is 11.0 Å². The second-order valence-corrected chi connectivity index (χ2v) is 4.23. The van der Waals surface area contributed by atoms with Crippen molar-refractivity contribution in [1.82, 2.24) is 10.2 Å². The van der Waals surface area contributed by atoms with Gasteiger partial charge >= 0.3 is 0 Å². The van der Waals surface area contributed by atoms with Crippen LogP contribution in [0, 0.1) is 0 Å². The molecule has 0 aromatic rings. The van der Waals surface area contributed by atoms with Gasteiger partial charge in [0.15, 0.2) is 0 Å². The molecular weight excluding hydrogens is 239 g/mol. The van der Waals surface area contributed by atoms with Crippen LogP contribution in [0.1, 0.15) is 19.8 Å². The highest BCUT2D eigenvalue weighted by Gasteiger charge is 2.15. The predicted molar refractivity (Wildman–Crippen MR) is 71.0 cm³/mol. The lowest BCUT2D eigenvalue weighted by atomic mass is 10.0. The number of rotatable bonds is 5. The van der Waals surface area contributed by atoms with E-state index in [1.165, 1.54) is 17.8 Å². The van der Waals surface area contributed by atoms with Gasteiger partial charge in [-0.2, -0.15) is 0 Å². The highest BCUT2D eigenvalue weighted by atomic mass is 35.5. The molecule has 0 radical (unpaired) electrons. The molecule has 4 heteroatoms. The van der Waals surface area contributed by atoms with Gasteiger partial charge in [-0.15, -0.1) is 0 Å². The average molecular weight is 257 g/mol. The molecule has 0 fully saturated rings. The highest BCUT2D eigenvalue weighted by Crippen LogP contribution is 2.28. The zero-order chi connectivity index (χ0) is 12.8. The van der Waals surface area contributed by atoms with Gasteiger partial charge in [-0.05, 0) is 44.2 Å². The Labute approximate surface area is 107 Å². The first kappa shape index (κ1) is 14.0. The maximum absolute atomic E-state index is 13.2. The predicted octanol–water partition coefficient (Wildman–Crippen LogP) is 3.65. The summed E-state index contributed by atoms with van der Waals surface area (Å²) in [6, 6.07) is 0. The van der Waals surface area contributed by atoms with Crippen molar-refractivity contribution in [1.29, 1.82) is 0 Å². The van der Waals surface area contributed by atoms with E-state index in [-0.39, 0.29) is 5.83 Å². The zero-order valence-electron chi connectivity index (χ0n) is 10.3. The number of hydrogen-bond donors (Lipinski definition) is 1. The summed E-state index contributed by atoms with van der Waals surface area (Å²) in [6.45, 7) is 6.62. The molecule has 1 aliphatic heterocycles. The minimum atomic E-state index is -0.320. The first-order valence-electron chi connectivity index (χ1n) is 5.65. The molecule has 0 aromatic carbocycles. The third-order valence-corrected chi connectivity index (χ3v) is 2.82. The second kappa shape index (κ2) is 6.62. The summed E-state index contributed by atoms with van der Waals surface area (Å²) in [5.74, 6) is -0.320. The molecule has 0 aliphatic carbocycles. The van der Waals surface area contributed by atoms with Crippen LogP contribution < -0.4 is 5.32 Å². The minimum absolute atomic E-state index is 0.301. The van der Waals surface area contributed by atoms with Crippen molar-refractivity contribution in [3.63, 3.8) is 0 Å². The fourth-order valence-corrected chi connectivity index (χ4v) is 1.87. The summed E-state index contributed by atoms with van der Waals surface area (Å²) in [4.78, 5) is 1.59. The van der Waals surface area contributed by atoms with Gasteiger partial charge in [0.05, 0.1) is 0 Å². The average Bonchev–Trinajstić information content (AvgIpc) is 2.31. The third-order valence-electron chi connectivity index (χ3n) is 2.64. The van der Waals surface area contributed by atoms with Crippen molar-refractivity contribution in [3.05, 3.63) is 47.2 Å². The lowest BCUT2D eigenvalue weighted by Crippen LogP contribution is -2.18. The van der Waals surface area contributed by atoms with E-state index >= 15 is 0 Å². The molecule has 1 N–H and O–H groups in total. The second-order valence-electron chi connectivity index (χ2n) is 3.79. The minimum Gasteiger partial charge on any atom is -0.319 e. The first-order chi connectivity index (χ1) is 8.10. The van der Waals surface area contributed by atoms with Crippen molar-refractivity contribution in [3.8, 4) is 0 Å². The van der Waals surface area contributed by atoms with Crippen molar-refractivity contribution < 1.29 is 4.39 Å². The van der Waals surface area contributed by atoms with Crippen LogP contribution >= 0.6 is 11.6 Å². The Kier molecular flexibility index (Phi) is 5.45. The molecule has 0 unspecified atom stereocenters. The molecule has 0 saturated carbocycles. The fourth-order valence-electron chi connectivity index (χ4n) is 1.73. The van der Waals surface area contributed by atoms with Crippen LogP contribution in [0.5, 0.6) is 0 Å². The molecule has 1 heterocycles. The molecule has 0 amide bonds. The van der Waals surface area contributed by atoms with Crippen molar-refractivity contribution >= 4 is 11.6 Å². The van der Waals surface area contributed by atoms with Crippen LogP contribution in [0.3, 0.4) is 0 Å². The Hall–Kier alpha value is -1.06. The molecule has 1 aliphatic rings. The molecular formula is C13H18ClFN2. The maximum Gasteiger partial charge on any atom is 0.139 e. The normalized spacial score (nSPS) is 18.1. The largest absolute Gasteiger partial charge is 0.319 e. The number of nitrogens with zero attached hydrogens (tertiary/aromatic N) is 1. The maximum atomic E-state index is 13.2. The third kappa shape index (κ3) is 3.72. The summed E-state index contributed by atoms with van der Waals surface area (Å²) in [5, 5.41) is 3.40. The van der Waals surface area contributed by atoms with E-state index in [0.717, 1.165) is 25.1 Å². The SMILES string of the molecule is C=C(Cl)N1C=C(F)C=CC1=C(CC)CCNC. The quantitative estimate of drug-likeness (QED) is 0.756. The lowest BCUT2D eigenvalue weighted by Gasteiger charge is -2.25. The molecule has 0 bridgehead atoms. The van der Waals surface area contributed by atoms with Crippen LogP contribution in [0.25, 0.3) is 0 Å². The standard InChI is InChI=1S/C13H18ClFN2/c1-4-11(7-8-16-3)13-6-5-12(15)9-17(13)10(2)14/h5-6,9,16H,2,4,7-8H2,1,3H3. The lowest BCUT2D eigenvalue weighted by molar-refractivity contribution is 0.553. The summed E-state index contributed by atoms with van der Waals surface area (Å²) < 4.78 is 13.2. The smallest absolute Gasteiger partial charge is 0.139 e. The van der Waals surface area contributed by atoms with Crippen LogP contribution in [-0.4, -0.2) is 18.5 Å². The number of nitrogens with one attached hydrogen (secondary N) is 1. The van der Waals surface area contributed by atoms with Gasteiger partial charge in [0.1, 0.15) is 11.0 Å². The van der Waals surface area contributed by atoms with Gasteiger partial charge in [0.25, 0.3) is 0 Å². The fraction of sp³-hybridized carbons (Fsp3) is 0.385. The van der Waals surface area contributed by atoms with Gasteiger partial charge < -0.3 is 10.2 Å². The molecule has 2 nitrogen and oxygen atoms in total. The van der Waals surface area contributed by atoms with Gasteiger partial charge in [-0.25, -0.2) is 4.39 Å². The Morgan fingerprint density at radius 1 is 1.53 bits per heavy atom. The van der Waals surface area contributed by atoms with E-state index in [1.807, 2.05) is 7.05 Å². The van der Waals surface area contributed by atoms with E-state index in [4.69, 9.17) is 11.6 Å². The van der Waals surface area contributed by atoms with Gasteiger partial charge in [-0.3, -0.25) is 0 Å². The van der Waals surface area contributed by atoms with Crippen LogP contribution in [0.2, 0.25) is 0 Å². The Morgan fingerprint density at radius 2 is 2.24 bits per heavy atom. The van der Waals surface area contributed by atoms with E-state index in [0.29, 0.717) is 5.16 Å². The molecule has 0 saturated heterocycles. The van der Waals surface area contributed by atoms with Gasteiger partial charge in [-0.1, -0.05) is 25.1 Å². The number of halogens is 2. The zero-order valence-corrected chi connectivity index (χ0v) is 11.0. The molecule has 0 spiro atoms. The summed E-state index contributed by atoms with van der Waals surface area (Å²) in [6.07, 6.45) is 6.36. The Morgan fingerprint density at radius 3 is 2.76 bits per heavy atom. The highest BCUT2D eigenvalue weighted by molar-refractivity contribution is 6.29. The molecule has 0 aromatic heterocycles. The van der Waals surface area contributed by atoms with Gasteiger partial charge in [0.2, 0.25) is 0 Å². The topological polar surface area (TPSA) is 15.3 Å². The summed E-state index contributed by atoms with van der Waals surface area (Å²) >= 11 is 5.89. The molecule has 94 valence electrons.